The van der Waals surface area contributed by atoms with Crippen LogP contribution in [-0.2, 0) is 16.0 Å². The van der Waals surface area contributed by atoms with Gasteiger partial charge in [-0.05, 0) is 24.6 Å². The van der Waals surface area contributed by atoms with Gasteiger partial charge in [0.05, 0.1) is 23.7 Å². The molecule has 0 unspecified atom stereocenters. The van der Waals surface area contributed by atoms with Gasteiger partial charge in [0.2, 0.25) is 0 Å². The fourth-order valence-corrected chi connectivity index (χ4v) is 3.61. The van der Waals surface area contributed by atoms with Crippen molar-refractivity contribution < 1.29 is 14.3 Å². The second kappa shape index (κ2) is 8.33. The van der Waals surface area contributed by atoms with Crippen molar-refractivity contribution in [3.8, 4) is 0 Å². The van der Waals surface area contributed by atoms with Crippen LogP contribution in [0.15, 0.2) is 72.8 Å². The fourth-order valence-electron chi connectivity index (χ4n) is 3.61. The average Bonchev–Trinajstić information content (AvgIpc) is 2.77. The summed E-state index contributed by atoms with van der Waals surface area (Å²) in [6, 6.07) is 22.1. The molecule has 5 nitrogen and oxygen atoms in total. The number of hydrogen-bond acceptors (Lipinski definition) is 4. The number of carbonyl (C=O) groups is 2. The second-order valence-electron chi connectivity index (χ2n) is 7.26. The van der Waals surface area contributed by atoms with Crippen molar-refractivity contribution in [1.29, 1.82) is 0 Å². The molecule has 3 aromatic carbocycles. The Balaban J connectivity index is 1.74. The molecule has 150 valence electrons. The number of rotatable bonds is 5. The van der Waals surface area contributed by atoms with Gasteiger partial charge in [-0.2, -0.15) is 0 Å². The maximum absolute atomic E-state index is 13.4. The molecule has 0 saturated heterocycles. The quantitative estimate of drug-likeness (QED) is 0.404. The van der Waals surface area contributed by atoms with Crippen molar-refractivity contribution in [2.24, 2.45) is 0 Å². The smallest absolute Gasteiger partial charge is 0.328 e. The topological polar surface area (TPSA) is 68.3 Å². The van der Waals surface area contributed by atoms with E-state index in [1.165, 1.54) is 7.11 Å². The van der Waals surface area contributed by atoms with Crippen molar-refractivity contribution >= 4 is 33.7 Å². The number of aromatic nitrogens is 1. The number of para-hydroxylation sites is 2. The van der Waals surface area contributed by atoms with Crippen molar-refractivity contribution in [3.05, 3.63) is 89.5 Å². The molecule has 0 spiro atoms. The zero-order valence-electron chi connectivity index (χ0n) is 16.9. The molecule has 1 N–H and O–H groups in total. The molecule has 0 saturated carbocycles. The number of benzene rings is 3. The lowest BCUT2D eigenvalue weighted by atomic mass is 10.0. The van der Waals surface area contributed by atoms with Crippen molar-refractivity contribution in [1.82, 2.24) is 10.3 Å². The van der Waals surface area contributed by atoms with Crippen LogP contribution in [0.5, 0.6) is 0 Å². The summed E-state index contributed by atoms with van der Waals surface area (Å²) in [7, 11) is 1.33. The summed E-state index contributed by atoms with van der Waals surface area (Å²) in [5.41, 5.74) is 4.05. The highest BCUT2D eigenvalue weighted by atomic mass is 16.5. The Labute approximate surface area is 174 Å². The number of esters is 1. The minimum Gasteiger partial charge on any atom is -0.467 e. The summed E-state index contributed by atoms with van der Waals surface area (Å²) in [6.07, 6.45) is 0.347. The molecule has 5 heteroatoms. The molecule has 0 aliphatic heterocycles. The average molecular weight is 398 g/mol. The molecule has 30 heavy (non-hydrogen) atoms. The van der Waals surface area contributed by atoms with Gasteiger partial charge in [-0.1, -0.05) is 66.2 Å². The molecule has 4 aromatic rings. The third-order valence-corrected chi connectivity index (χ3v) is 5.17. The summed E-state index contributed by atoms with van der Waals surface area (Å²) in [6.45, 7) is 2.00. The van der Waals surface area contributed by atoms with Gasteiger partial charge in [0, 0.05) is 17.2 Å². The van der Waals surface area contributed by atoms with Crippen LogP contribution in [0.2, 0.25) is 0 Å². The number of fused-ring (bicyclic) bond motifs is 2. The van der Waals surface area contributed by atoms with Crippen molar-refractivity contribution in [2.45, 2.75) is 19.4 Å². The van der Waals surface area contributed by atoms with Crippen LogP contribution >= 0.6 is 0 Å². The number of nitrogens with zero attached hydrogens (tertiary/aromatic N) is 1. The Morgan fingerprint density at radius 2 is 1.47 bits per heavy atom. The molecule has 1 amide bonds. The largest absolute Gasteiger partial charge is 0.467 e. The number of nitrogens with one attached hydrogen (secondary N) is 1. The Hall–Kier alpha value is -3.73. The zero-order valence-corrected chi connectivity index (χ0v) is 16.9. The molecule has 1 heterocycles. The highest BCUT2D eigenvalue weighted by molar-refractivity contribution is 6.16. The van der Waals surface area contributed by atoms with E-state index in [1.54, 1.807) is 0 Å². The van der Waals surface area contributed by atoms with E-state index in [9.17, 15) is 9.59 Å². The van der Waals surface area contributed by atoms with Crippen LogP contribution < -0.4 is 5.32 Å². The zero-order chi connectivity index (χ0) is 21.1. The number of amides is 1. The van der Waals surface area contributed by atoms with E-state index in [-0.39, 0.29) is 5.91 Å². The minimum absolute atomic E-state index is 0.327. The Morgan fingerprint density at radius 1 is 0.900 bits per heavy atom. The lowest BCUT2D eigenvalue weighted by molar-refractivity contribution is -0.142. The molecule has 0 radical (unpaired) electrons. The van der Waals surface area contributed by atoms with Crippen molar-refractivity contribution in [3.63, 3.8) is 0 Å². The van der Waals surface area contributed by atoms with Gasteiger partial charge in [-0.3, -0.25) is 4.79 Å². The maximum atomic E-state index is 13.4. The van der Waals surface area contributed by atoms with Crippen LogP contribution in [0.3, 0.4) is 0 Å². The molecular weight excluding hydrogens is 376 g/mol. The van der Waals surface area contributed by atoms with Crippen LogP contribution in [0, 0.1) is 6.92 Å². The molecular formula is C25H22N2O3. The third-order valence-electron chi connectivity index (χ3n) is 5.17. The Kier molecular flexibility index (Phi) is 5.44. The first-order chi connectivity index (χ1) is 14.6. The monoisotopic (exact) mass is 398 g/mol. The highest BCUT2D eigenvalue weighted by Gasteiger charge is 2.25. The summed E-state index contributed by atoms with van der Waals surface area (Å²) in [5, 5.41) is 4.38. The SMILES string of the molecule is COC(=O)[C@@H](Cc1ccc(C)cc1)NC(=O)c1c2ccccc2nc2ccccc12. The van der Waals surface area contributed by atoms with Crippen LogP contribution in [0.4, 0.5) is 0 Å². The molecule has 1 atom stereocenters. The first-order valence-corrected chi connectivity index (χ1v) is 9.78. The number of pyridine rings is 1. The van der Waals surface area contributed by atoms with Gasteiger partial charge < -0.3 is 10.1 Å². The summed E-state index contributed by atoms with van der Waals surface area (Å²) < 4.78 is 4.95. The molecule has 0 fully saturated rings. The molecule has 0 aliphatic rings. The van der Waals surface area contributed by atoms with E-state index in [0.29, 0.717) is 12.0 Å². The van der Waals surface area contributed by atoms with Crippen LogP contribution in [-0.4, -0.2) is 30.0 Å². The van der Waals surface area contributed by atoms with E-state index in [0.717, 1.165) is 32.9 Å². The molecule has 1 aromatic heterocycles. The standard InChI is InChI=1S/C25H22N2O3/c1-16-11-13-17(14-12-16)15-22(25(29)30-2)27-24(28)23-18-7-3-5-9-20(18)26-21-10-6-4-8-19(21)23/h3-14,22H,15H2,1-2H3,(H,27,28)/t22-/m1/s1. The predicted octanol–water partition coefficient (Wildman–Crippen LogP) is 4.21. The highest BCUT2D eigenvalue weighted by Crippen LogP contribution is 2.26. The first kappa shape index (κ1) is 19.6. The Bertz CT molecular complexity index is 1180. The van der Waals surface area contributed by atoms with Gasteiger partial charge in [0.25, 0.3) is 5.91 Å². The third kappa shape index (κ3) is 3.87. The van der Waals surface area contributed by atoms with E-state index >= 15 is 0 Å². The fraction of sp³-hybridized carbons (Fsp3) is 0.160. The molecule has 4 rings (SSSR count). The lowest BCUT2D eigenvalue weighted by Gasteiger charge is -2.18. The van der Waals surface area contributed by atoms with E-state index in [1.807, 2.05) is 79.7 Å². The van der Waals surface area contributed by atoms with Gasteiger partial charge in [0.15, 0.2) is 0 Å². The molecule has 0 bridgehead atoms. The summed E-state index contributed by atoms with van der Waals surface area (Å²) in [4.78, 5) is 30.5. The van der Waals surface area contributed by atoms with Crippen LogP contribution in [0.1, 0.15) is 21.5 Å². The lowest BCUT2D eigenvalue weighted by Crippen LogP contribution is -2.43. The number of aryl methyl sites for hydroxylation is 1. The van der Waals surface area contributed by atoms with Crippen molar-refractivity contribution in [2.75, 3.05) is 7.11 Å². The number of carbonyl (C=O) groups excluding carboxylic acids is 2. The van der Waals surface area contributed by atoms with Crippen LogP contribution in [0.25, 0.3) is 21.8 Å². The van der Waals surface area contributed by atoms with Gasteiger partial charge in [-0.15, -0.1) is 0 Å². The summed E-state index contributed by atoms with van der Waals surface area (Å²) >= 11 is 0. The minimum atomic E-state index is -0.795. The van der Waals surface area contributed by atoms with Gasteiger partial charge >= 0.3 is 5.97 Å². The van der Waals surface area contributed by atoms with E-state index in [4.69, 9.17) is 4.74 Å². The number of methoxy groups -OCH3 is 1. The normalized spacial score (nSPS) is 11.9. The van der Waals surface area contributed by atoms with Gasteiger partial charge in [-0.25, -0.2) is 9.78 Å². The van der Waals surface area contributed by atoms with Gasteiger partial charge in [0.1, 0.15) is 6.04 Å². The van der Waals surface area contributed by atoms with E-state index in [2.05, 4.69) is 10.3 Å². The second-order valence-corrected chi connectivity index (χ2v) is 7.26. The number of ether oxygens (including phenoxy) is 1. The number of hydrogen-bond donors (Lipinski definition) is 1. The first-order valence-electron chi connectivity index (χ1n) is 9.78. The Morgan fingerprint density at radius 3 is 2.03 bits per heavy atom. The van der Waals surface area contributed by atoms with E-state index < -0.39 is 12.0 Å². The molecule has 0 aliphatic carbocycles. The maximum Gasteiger partial charge on any atom is 0.328 e. The summed E-state index contributed by atoms with van der Waals surface area (Å²) in [5.74, 6) is -0.807. The predicted molar refractivity (Wildman–Crippen MR) is 117 cm³/mol.